The average molecular weight is 382 g/mol. The van der Waals surface area contributed by atoms with Gasteiger partial charge in [-0.2, -0.15) is 5.26 Å². The highest BCUT2D eigenvalue weighted by Gasteiger charge is 2.44. The van der Waals surface area contributed by atoms with E-state index in [9.17, 15) is 9.59 Å². The number of fused-ring (bicyclic) bond motifs is 1. The summed E-state index contributed by atoms with van der Waals surface area (Å²) < 4.78 is 1.63. The summed E-state index contributed by atoms with van der Waals surface area (Å²) in [5.74, 6) is 0.847. The first kappa shape index (κ1) is 19.2. The Bertz CT molecular complexity index is 579. The molecule has 0 aromatic heterocycles. The Morgan fingerprint density at radius 2 is 1.96 bits per heavy atom. The number of likely N-dealkylation sites (tertiary alicyclic amines) is 2. The maximum absolute atomic E-state index is 12.5. The Balaban J connectivity index is 1.48. The number of carbonyl (C=O) groups is 2. The standard InChI is InChI=1S/C18H28ClN5O2/c1-12(2)21-18(26)22-9-13-6-16(7-14(13)10-22)24(19)11-17(25)23-5-3-4-15(23)8-20/h12-16H,3-7,9-11H2,1-2H3,(H,21,26)/t13-,14+,15-,16-/m0/s1. The fourth-order valence-corrected chi connectivity index (χ4v) is 4.81. The zero-order chi connectivity index (χ0) is 18.8. The summed E-state index contributed by atoms with van der Waals surface area (Å²) in [6, 6.07) is 2.21. The molecule has 0 bridgehead atoms. The molecular weight excluding hydrogens is 354 g/mol. The first-order chi connectivity index (χ1) is 12.4. The molecule has 4 atom stereocenters. The summed E-state index contributed by atoms with van der Waals surface area (Å²) in [5, 5.41) is 12.1. The van der Waals surface area contributed by atoms with E-state index in [0.717, 1.165) is 38.8 Å². The minimum absolute atomic E-state index is 0.0143. The van der Waals surface area contributed by atoms with Gasteiger partial charge < -0.3 is 15.1 Å². The Hall–Kier alpha value is -1.52. The van der Waals surface area contributed by atoms with E-state index in [2.05, 4.69) is 11.4 Å². The van der Waals surface area contributed by atoms with Crippen LogP contribution >= 0.6 is 11.8 Å². The summed E-state index contributed by atoms with van der Waals surface area (Å²) in [4.78, 5) is 28.2. The third-order valence-corrected chi connectivity index (χ3v) is 6.23. The Morgan fingerprint density at radius 1 is 1.31 bits per heavy atom. The van der Waals surface area contributed by atoms with Gasteiger partial charge in [-0.3, -0.25) is 4.79 Å². The number of carbonyl (C=O) groups excluding carboxylic acids is 2. The van der Waals surface area contributed by atoms with Crippen molar-refractivity contribution in [1.82, 2.24) is 19.5 Å². The van der Waals surface area contributed by atoms with E-state index in [4.69, 9.17) is 17.0 Å². The van der Waals surface area contributed by atoms with Gasteiger partial charge >= 0.3 is 6.03 Å². The van der Waals surface area contributed by atoms with E-state index < -0.39 is 0 Å². The van der Waals surface area contributed by atoms with E-state index in [0.29, 0.717) is 18.4 Å². The van der Waals surface area contributed by atoms with E-state index in [1.807, 2.05) is 18.7 Å². The molecule has 8 heteroatoms. The van der Waals surface area contributed by atoms with Crippen molar-refractivity contribution in [2.75, 3.05) is 26.2 Å². The molecule has 3 amide bonds. The molecule has 0 aromatic carbocycles. The second-order valence-electron chi connectivity index (χ2n) is 8.09. The number of nitrogens with zero attached hydrogens (tertiary/aromatic N) is 4. The normalized spacial score (nSPS) is 30.8. The molecule has 3 aliphatic rings. The van der Waals surface area contributed by atoms with E-state index in [1.165, 1.54) is 0 Å². The Labute approximate surface area is 160 Å². The average Bonchev–Trinajstić information content (AvgIpc) is 3.27. The SMILES string of the molecule is CC(C)NC(=O)N1C[C@H]2C[C@@H](N(Cl)CC(=O)N3CCC[C@H]3C#N)C[C@H]2C1. The fraction of sp³-hybridized carbons (Fsp3) is 0.833. The lowest BCUT2D eigenvalue weighted by atomic mass is 10.0. The number of amides is 3. The molecule has 0 unspecified atom stereocenters. The summed E-state index contributed by atoms with van der Waals surface area (Å²) >= 11 is 6.44. The van der Waals surface area contributed by atoms with Crippen LogP contribution in [0.25, 0.3) is 0 Å². The van der Waals surface area contributed by atoms with Crippen LogP contribution in [-0.4, -0.2) is 70.5 Å². The maximum Gasteiger partial charge on any atom is 0.317 e. The third kappa shape index (κ3) is 4.07. The molecule has 0 aromatic rings. The topological polar surface area (TPSA) is 79.7 Å². The highest BCUT2D eigenvalue weighted by atomic mass is 35.5. The molecule has 7 nitrogen and oxygen atoms in total. The third-order valence-electron chi connectivity index (χ3n) is 5.83. The first-order valence-electron chi connectivity index (χ1n) is 9.56. The molecule has 2 heterocycles. The van der Waals surface area contributed by atoms with E-state index in [-0.39, 0.29) is 36.6 Å². The van der Waals surface area contributed by atoms with Crippen LogP contribution in [-0.2, 0) is 4.79 Å². The smallest absolute Gasteiger partial charge is 0.317 e. The van der Waals surface area contributed by atoms with Gasteiger partial charge in [-0.05, 0) is 63.1 Å². The largest absolute Gasteiger partial charge is 0.336 e. The molecule has 1 aliphatic carbocycles. The van der Waals surface area contributed by atoms with Gasteiger partial charge in [0.05, 0.1) is 12.6 Å². The van der Waals surface area contributed by atoms with E-state index >= 15 is 0 Å². The summed E-state index contributed by atoms with van der Waals surface area (Å²) in [7, 11) is 0. The predicted octanol–water partition coefficient (Wildman–Crippen LogP) is 1.79. The van der Waals surface area contributed by atoms with Crippen molar-refractivity contribution < 1.29 is 9.59 Å². The minimum atomic E-state index is -0.302. The second kappa shape index (κ2) is 8.01. The van der Waals surface area contributed by atoms with Crippen molar-refractivity contribution >= 4 is 23.7 Å². The van der Waals surface area contributed by atoms with Crippen LogP contribution in [0.4, 0.5) is 4.79 Å². The van der Waals surface area contributed by atoms with Crippen molar-refractivity contribution in [2.24, 2.45) is 11.8 Å². The van der Waals surface area contributed by atoms with Crippen molar-refractivity contribution in [3.63, 3.8) is 0 Å². The lowest BCUT2D eigenvalue weighted by Gasteiger charge is -2.27. The first-order valence-corrected chi connectivity index (χ1v) is 9.89. The van der Waals surface area contributed by atoms with Crippen LogP contribution in [0, 0.1) is 23.2 Å². The minimum Gasteiger partial charge on any atom is -0.336 e. The number of rotatable bonds is 4. The number of hydrogen-bond acceptors (Lipinski definition) is 4. The molecule has 26 heavy (non-hydrogen) atoms. The molecule has 144 valence electrons. The molecule has 2 aliphatic heterocycles. The highest BCUT2D eigenvalue weighted by Crippen LogP contribution is 2.40. The van der Waals surface area contributed by atoms with Gasteiger partial charge in [-0.25, -0.2) is 9.21 Å². The van der Waals surface area contributed by atoms with Gasteiger partial charge in [-0.1, -0.05) is 0 Å². The van der Waals surface area contributed by atoms with Crippen LogP contribution in [0.15, 0.2) is 0 Å². The zero-order valence-electron chi connectivity index (χ0n) is 15.5. The second-order valence-corrected chi connectivity index (χ2v) is 8.52. The maximum atomic E-state index is 12.5. The summed E-state index contributed by atoms with van der Waals surface area (Å²) in [6.07, 6.45) is 3.46. The highest BCUT2D eigenvalue weighted by molar-refractivity contribution is 6.14. The Kier molecular flexibility index (Phi) is 5.93. The number of nitriles is 1. The molecular formula is C18H28ClN5O2. The van der Waals surface area contributed by atoms with E-state index in [1.54, 1.807) is 9.32 Å². The lowest BCUT2D eigenvalue weighted by Crippen LogP contribution is -2.43. The quantitative estimate of drug-likeness (QED) is 0.753. The van der Waals surface area contributed by atoms with Crippen LogP contribution in [0.1, 0.15) is 39.5 Å². The van der Waals surface area contributed by atoms with Crippen molar-refractivity contribution in [1.29, 1.82) is 5.26 Å². The van der Waals surface area contributed by atoms with Gasteiger partial charge in [0.15, 0.2) is 0 Å². The molecule has 0 spiro atoms. The van der Waals surface area contributed by atoms with Crippen LogP contribution < -0.4 is 5.32 Å². The molecule has 1 N–H and O–H groups in total. The molecule has 2 saturated heterocycles. The number of nitrogens with one attached hydrogen (secondary N) is 1. The number of halogens is 1. The Morgan fingerprint density at radius 3 is 2.54 bits per heavy atom. The monoisotopic (exact) mass is 381 g/mol. The summed E-state index contributed by atoms with van der Waals surface area (Å²) in [5.41, 5.74) is 0. The fourth-order valence-electron chi connectivity index (χ4n) is 4.55. The van der Waals surface area contributed by atoms with Gasteiger partial charge in [0, 0.05) is 31.7 Å². The van der Waals surface area contributed by atoms with Crippen LogP contribution in [0.3, 0.4) is 0 Å². The molecule has 1 saturated carbocycles. The number of hydrogen-bond donors (Lipinski definition) is 1. The van der Waals surface area contributed by atoms with Crippen LogP contribution in [0.5, 0.6) is 0 Å². The lowest BCUT2D eigenvalue weighted by molar-refractivity contribution is -0.131. The number of urea groups is 1. The molecule has 3 fully saturated rings. The zero-order valence-corrected chi connectivity index (χ0v) is 16.3. The summed E-state index contributed by atoms with van der Waals surface area (Å²) in [6.45, 7) is 6.26. The van der Waals surface area contributed by atoms with Crippen LogP contribution in [0.2, 0.25) is 0 Å². The molecule has 3 rings (SSSR count). The van der Waals surface area contributed by atoms with Gasteiger partial charge in [-0.15, -0.1) is 0 Å². The molecule has 0 radical (unpaired) electrons. The van der Waals surface area contributed by atoms with Gasteiger partial charge in [0.25, 0.3) is 0 Å². The van der Waals surface area contributed by atoms with Gasteiger partial charge in [0.1, 0.15) is 6.04 Å². The predicted molar refractivity (Wildman–Crippen MR) is 98.1 cm³/mol. The van der Waals surface area contributed by atoms with Gasteiger partial charge in [0.2, 0.25) is 5.91 Å². The van der Waals surface area contributed by atoms with Crippen molar-refractivity contribution in [2.45, 2.75) is 57.7 Å². The van der Waals surface area contributed by atoms with Crippen molar-refractivity contribution in [3.05, 3.63) is 0 Å². The van der Waals surface area contributed by atoms with Crippen molar-refractivity contribution in [3.8, 4) is 6.07 Å².